The molecule has 2 N–H and O–H groups in total. The number of nitrogens with one attached hydrogen (secondary N) is 2. The molecule has 2 aliphatic heterocycles. The van der Waals surface area contributed by atoms with E-state index in [1.54, 1.807) is 0 Å². The zero-order valence-electron chi connectivity index (χ0n) is 14.2. The minimum Gasteiger partial charge on any atom is -0.352 e. The van der Waals surface area contributed by atoms with Crippen LogP contribution in [0.5, 0.6) is 0 Å². The van der Waals surface area contributed by atoms with Crippen molar-refractivity contribution in [3.63, 3.8) is 0 Å². The molecule has 0 saturated carbocycles. The van der Waals surface area contributed by atoms with Crippen LogP contribution in [0.4, 0.5) is 0 Å². The zero-order chi connectivity index (χ0) is 17.2. The van der Waals surface area contributed by atoms with Crippen LogP contribution in [0.3, 0.4) is 0 Å². The first-order valence-electron chi connectivity index (χ1n) is 8.51. The van der Waals surface area contributed by atoms with E-state index in [1.807, 2.05) is 12.1 Å². The largest absolute Gasteiger partial charge is 0.352 e. The van der Waals surface area contributed by atoms with Crippen molar-refractivity contribution in [2.75, 3.05) is 20.1 Å². The Morgan fingerprint density at radius 2 is 1.68 bits per heavy atom. The first-order valence-corrected chi connectivity index (χ1v) is 8.91. The van der Waals surface area contributed by atoms with Gasteiger partial charge in [0, 0.05) is 18.8 Å². The molecule has 0 amide bonds. The van der Waals surface area contributed by atoms with E-state index in [-0.39, 0.29) is 6.04 Å². The highest BCUT2D eigenvalue weighted by Crippen LogP contribution is 2.33. The van der Waals surface area contributed by atoms with Crippen LogP contribution in [-0.2, 0) is 0 Å². The molecule has 126 valence electrons. The lowest BCUT2D eigenvalue weighted by atomic mass is 9.89. The smallest absolute Gasteiger partial charge is 0.171 e. The summed E-state index contributed by atoms with van der Waals surface area (Å²) in [4.78, 5) is 2.35. The Hall–Kier alpha value is -2.43. The molecule has 3 nitrogen and oxygen atoms in total. The van der Waals surface area contributed by atoms with Crippen molar-refractivity contribution < 1.29 is 0 Å². The van der Waals surface area contributed by atoms with Crippen molar-refractivity contribution in [3.05, 3.63) is 88.6 Å². The second kappa shape index (κ2) is 6.82. The molecule has 1 atom stereocenters. The van der Waals surface area contributed by atoms with Crippen LogP contribution in [0.2, 0.25) is 0 Å². The monoisotopic (exact) mass is 347 g/mol. The Morgan fingerprint density at radius 3 is 2.40 bits per heavy atom. The number of rotatable bonds is 2. The third kappa shape index (κ3) is 3.36. The van der Waals surface area contributed by atoms with E-state index in [2.05, 4.69) is 77.2 Å². The number of thiocarbonyl (C=S) groups is 1. The number of likely N-dealkylation sites (N-methyl/N-ethyl adjacent to an activating group) is 1. The third-order valence-corrected chi connectivity index (χ3v) is 4.88. The van der Waals surface area contributed by atoms with E-state index in [0.717, 1.165) is 13.1 Å². The normalized spacial score (nSPS) is 22.4. The summed E-state index contributed by atoms with van der Waals surface area (Å²) in [7, 11) is 2.16. The predicted molar refractivity (Wildman–Crippen MR) is 107 cm³/mol. The van der Waals surface area contributed by atoms with Crippen molar-refractivity contribution in [3.8, 4) is 0 Å². The number of nitrogens with zero attached hydrogens (tertiary/aromatic N) is 1. The second-order valence-electron chi connectivity index (χ2n) is 6.59. The number of hydrogen-bond acceptors (Lipinski definition) is 2. The van der Waals surface area contributed by atoms with Gasteiger partial charge in [0.1, 0.15) is 0 Å². The van der Waals surface area contributed by atoms with Crippen molar-refractivity contribution in [1.29, 1.82) is 0 Å². The van der Waals surface area contributed by atoms with E-state index in [1.165, 1.54) is 28.0 Å². The van der Waals surface area contributed by atoms with Gasteiger partial charge in [-0.05, 0) is 47.6 Å². The molecule has 4 rings (SSSR count). The van der Waals surface area contributed by atoms with Crippen LogP contribution in [0.1, 0.15) is 17.2 Å². The van der Waals surface area contributed by atoms with Gasteiger partial charge in [0.05, 0.1) is 6.04 Å². The molecule has 2 aromatic carbocycles. The lowest BCUT2D eigenvalue weighted by Gasteiger charge is -2.39. The van der Waals surface area contributed by atoms with E-state index in [9.17, 15) is 0 Å². The topological polar surface area (TPSA) is 27.3 Å². The van der Waals surface area contributed by atoms with Gasteiger partial charge in [0.15, 0.2) is 5.11 Å². The van der Waals surface area contributed by atoms with Crippen LogP contribution in [0.25, 0.3) is 6.08 Å². The first-order chi connectivity index (χ1) is 12.2. The number of hydrogen-bond donors (Lipinski definition) is 2. The van der Waals surface area contributed by atoms with Crippen LogP contribution >= 0.6 is 12.2 Å². The molecule has 25 heavy (non-hydrogen) atoms. The Labute approximate surface area is 154 Å². The van der Waals surface area contributed by atoms with Gasteiger partial charge >= 0.3 is 0 Å². The molecule has 0 aromatic heterocycles. The lowest BCUT2D eigenvalue weighted by Crippen LogP contribution is -2.49. The van der Waals surface area contributed by atoms with Gasteiger partial charge in [0.2, 0.25) is 0 Å². The van der Waals surface area contributed by atoms with Crippen LogP contribution in [0.15, 0.2) is 77.5 Å². The average molecular weight is 347 g/mol. The summed E-state index contributed by atoms with van der Waals surface area (Å²) in [6, 6.07) is 21.1. The molecular formula is C21H21N3S. The summed E-state index contributed by atoms with van der Waals surface area (Å²) in [5.74, 6) is 0. The van der Waals surface area contributed by atoms with Gasteiger partial charge in [-0.2, -0.15) is 0 Å². The summed E-state index contributed by atoms with van der Waals surface area (Å²) in [6.07, 6.45) is 2.26. The Balaban J connectivity index is 1.80. The molecule has 0 spiro atoms. The fraction of sp³-hybridized carbons (Fsp3) is 0.190. The third-order valence-electron chi connectivity index (χ3n) is 4.66. The highest BCUT2D eigenvalue weighted by atomic mass is 32.1. The maximum atomic E-state index is 5.50. The summed E-state index contributed by atoms with van der Waals surface area (Å²) < 4.78 is 0. The Kier molecular flexibility index (Phi) is 4.38. The molecule has 0 aliphatic carbocycles. The Bertz CT molecular complexity index is 840. The van der Waals surface area contributed by atoms with E-state index < -0.39 is 0 Å². The van der Waals surface area contributed by atoms with E-state index in [0.29, 0.717) is 5.11 Å². The maximum absolute atomic E-state index is 5.50. The van der Waals surface area contributed by atoms with Gasteiger partial charge < -0.3 is 10.6 Å². The van der Waals surface area contributed by atoms with Crippen LogP contribution in [-0.4, -0.2) is 30.1 Å². The van der Waals surface area contributed by atoms with Gasteiger partial charge in [-0.3, -0.25) is 4.90 Å². The molecular weight excluding hydrogens is 326 g/mol. The molecule has 2 aromatic rings. The molecule has 0 bridgehead atoms. The molecule has 4 heteroatoms. The highest BCUT2D eigenvalue weighted by Gasteiger charge is 2.31. The quantitative estimate of drug-likeness (QED) is 0.813. The van der Waals surface area contributed by atoms with Gasteiger partial charge in [-0.15, -0.1) is 0 Å². The summed E-state index contributed by atoms with van der Waals surface area (Å²) in [5.41, 5.74) is 6.25. The van der Waals surface area contributed by atoms with E-state index in [4.69, 9.17) is 12.2 Å². The second-order valence-corrected chi connectivity index (χ2v) is 7.00. The summed E-state index contributed by atoms with van der Waals surface area (Å²) in [6.45, 7) is 1.83. The van der Waals surface area contributed by atoms with Crippen molar-refractivity contribution >= 4 is 23.4 Å². The SMILES string of the molecule is CN1CC2=C(NC(=S)NC2c2ccccc2)/C(=C\c2ccccc2)C1. The molecule has 2 aliphatic rings. The average Bonchev–Trinajstić information content (AvgIpc) is 2.63. The van der Waals surface area contributed by atoms with Crippen LogP contribution in [0, 0.1) is 0 Å². The minimum absolute atomic E-state index is 0.117. The minimum atomic E-state index is 0.117. The fourth-order valence-corrected chi connectivity index (χ4v) is 3.78. The van der Waals surface area contributed by atoms with Gasteiger partial charge in [0.25, 0.3) is 0 Å². The lowest BCUT2D eigenvalue weighted by molar-refractivity contribution is 0.364. The Morgan fingerprint density at radius 1 is 1.00 bits per heavy atom. The highest BCUT2D eigenvalue weighted by molar-refractivity contribution is 7.80. The van der Waals surface area contributed by atoms with E-state index >= 15 is 0 Å². The summed E-state index contributed by atoms with van der Waals surface area (Å²) >= 11 is 5.50. The van der Waals surface area contributed by atoms with Crippen molar-refractivity contribution in [1.82, 2.24) is 15.5 Å². The first kappa shape index (κ1) is 16.1. The maximum Gasteiger partial charge on any atom is 0.171 e. The van der Waals surface area contributed by atoms with Gasteiger partial charge in [-0.25, -0.2) is 0 Å². The van der Waals surface area contributed by atoms with Crippen molar-refractivity contribution in [2.24, 2.45) is 0 Å². The standard InChI is InChI=1S/C21H21N3S/c1-24-13-17(12-15-8-4-2-5-9-15)20-18(14-24)19(22-21(25)23-20)16-10-6-3-7-11-16/h2-12,19H,13-14H2,1H3,(H2,22,23,25)/b17-12-. The van der Waals surface area contributed by atoms with Gasteiger partial charge in [-0.1, -0.05) is 60.7 Å². The van der Waals surface area contributed by atoms with Crippen LogP contribution < -0.4 is 10.6 Å². The molecule has 0 radical (unpaired) electrons. The van der Waals surface area contributed by atoms with Crippen molar-refractivity contribution in [2.45, 2.75) is 6.04 Å². The molecule has 2 heterocycles. The molecule has 0 fully saturated rings. The fourth-order valence-electron chi connectivity index (χ4n) is 3.56. The predicted octanol–water partition coefficient (Wildman–Crippen LogP) is 3.49. The molecule has 0 saturated heterocycles. The summed E-state index contributed by atoms with van der Waals surface area (Å²) in [5, 5.41) is 7.55. The number of benzene rings is 2. The molecule has 1 unspecified atom stereocenters. The zero-order valence-corrected chi connectivity index (χ0v) is 15.0.